The number of hydrogen-bond acceptors (Lipinski definition) is 0. The van der Waals surface area contributed by atoms with Crippen molar-refractivity contribution in [3.63, 3.8) is 0 Å². The monoisotopic (exact) mass is 668 g/mol. The number of hydrogen-bond donors (Lipinski definition) is 0. The van der Waals surface area contributed by atoms with E-state index in [0.717, 1.165) is 6.42 Å². The number of halogens is 2. The first-order valence-electron chi connectivity index (χ1n) is 14.5. The molecule has 1 fully saturated rings. The molecule has 2 aromatic rings. The van der Waals surface area contributed by atoms with E-state index >= 15 is 0 Å². The van der Waals surface area contributed by atoms with Gasteiger partial charge in [-0.2, -0.15) is 29.3 Å². The topological polar surface area (TPSA) is 0 Å². The van der Waals surface area contributed by atoms with Crippen LogP contribution in [0.4, 0.5) is 0 Å². The van der Waals surface area contributed by atoms with Crippen LogP contribution in [0.5, 0.6) is 0 Å². The summed E-state index contributed by atoms with van der Waals surface area (Å²) in [6.45, 7) is 24.9. The molecule has 40 heavy (non-hydrogen) atoms. The SMILES string of the molecule is C[C-]1C2=C3Cc4ccccc4C3=C3C=CCCC3C2(C)C(C)(C)C(C)(C)C1(C)C.C[Si](C)=[Zr+2].[Cl-].[Cl-].c1cc[cH-]c1. The van der Waals surface area contributed by atoms with Crippen LogP contribution >= 0.6 is 0 Å². The van der Waals surface area contributed by atoms with Crippen LogP contribution in [-0.4, -0.2) is 5.43 Å². The maximum Gasteiger partial charge on any atom is -0.172 e. The maximum atomic E-state index is 2.62. The van der Waals surface area contributed by atoms with Crippen molar-refractivity contribution in [2.75, 3.05) is 0 Å². The number of allylic oxidation sites excluding steroid dienone is 6. The van der Waals surface area contributed by atoms with Gasteiger partial charge in [-0.1, -0.05) is 113 Å². The smallest absolute Gasteiger partial charge is 0.172 e. The second-order valence-corrected chi connectivity index (χ2v) is 23.1. The average Bonchev–Trinajstić information content (AvgIpc) is 3.54. The Bertz CT molecular complexity index is 1270. The van der Waals surface area contributed by atoms with E-state index < -0.39 is 0 Å². The van der Waals surface area contributed by atoms with E-state index in [1.807, 2.05) is 30.3 Å². The molecule has 0 aromatic heterocycles. The van der Waals surface area contributed by atoms with E-state index in [1.165, 1.54) is 24.0 Å². The molecule has 2 unspecified atom stereocenters. The van der Waals surface area contributed by atoms with E-state index in [9.17, 15) is 0 Å². The van der Waals surface area contributed by atoms with Crippen molar-refractivity contribution < 1.29 is 48.1 Å². The zero-order valence-corrected chi connectivity index (χ0v) is 31.3. The molecule has 0 aliphatic heterocycles. The zero-order valence-electron chi connectivity index (χ0n) is 26.3. The van der Waals surface area contributed by atoms with Gasteiger partial charge in [0.15, 0.2) is 0 Å². The molecule has 0 nitrogen and oxygen atoms in total. The summed E-state index contributed by atoms with van der Waals surface area (Å²) < 4.78 is 0. The van der Waals surface area contributed by atoms with Crippen molar-refractivity contribution in [2.45, 2.75) is 87.7 Å². The normalized spacial score (nSPS) is 25.8. The van der Waals surface area contributed by atoms with Crippen molar-refractivity contribution in [2.24, 2.45) is 27.6 Å². The Hall–Kier alpha value is -0.660. The molecule has 0 N–H and O–H groups in total. The third-order valence-corrected chi connectivity index (χ3v) is 11.3. The van der Waals surface area contributed by atoms with Gasteiger partial charge in [0.2, 0.25) is 0 Å². The number of fused-ring (bicyclic) bond motifs is 6. The molecule has 1 saturated carbocycles. The van der Waals surface area contributed by atoms with E-state index in [-0.39, 0.29) is 51.9 Å². The fourth-order valence-electron chi connectivity index (χ4n) is 7.89. The van der Waals surface area contributed by atoms with Gasteiger partial charge in [0.25, 0.3) is 0 Å². The van der Waals surface area contributed by atoms with E-state index in [0.29, 0.717) is 5.92 Å². The molecule has 4 heteroatoms. The molecule has 0 radical (unpaired) electrons. The summed E-state index contributed by atoms with van der Waals surface area (Å²) in [5.74, 6) is 2.24. The van der Waals surface area contributed by atoms with Gasteiger partial charge in [0.1, 0.15) is 0 Å². The molecule has 0 saturated heterocycles. The van der Waals surface area contributed by atoms with Gasteiger partial charge in [0, 0.05) is 0 Å². The van der Waals surface area contributed by atoms with Crippen LogP contribution in [0.25, 0.3) is 5.57 Å². The number of rotatable bonds is 0. The molecular weight excluding hydrogens is 623 g/mol. The van der Waals surface area contributed by atoms with Gasteiger partial charge in [-0.25, -0.2) is 18.1 Å². The van der Waals surface area contributed by atoms with Gasteiger partial charge in [-0.15, -0.1) is 6.92 Å². The maximum absolute atomic E-state index is 2.62. The second kappa shape index (κ2) is 12.9. The molecule has 4 aliphatic rings. The van der Waals surface area contributed by atoms with Crippen LogP contribution in [0.3, 0.4) is 0 Å². The predicted molar refractivity (Wildman–Crippen MR) is 164 cm³/mol. The molecule has 6 rings (SSSR count). The van der Waals surface area contributed by atoms with Crippen molar-refractivity contribution >= 4 is 11.0 Å². The van der Waals surface area contributed by atoms with Crippen molar-refractivity contribution in [3.8, 4) is 0 Å². The Morgan fingerprint density at radius 1 is 0.900 bits per heavy atom. The van der Waals surface area contributed by atoms with Crippen LogP contribution in [0.2, 0.25) is 13.1 Å². The number of benzene rings is 1. The largest absolute Gasteiger partial charge is 1.00 e. The molecule has 0 bridgehead atoms. The van der Waals surface area contributed by atoms with E-state index in [2.05, 4.69) is 105 Å². The first-order valence-corrected chi connectivity index (χ1v) is 20.7. The minimum Gasteiger partial charge on any atom is -1.00 e. The molecule has 2 aromatic carbocycles. The molecule has 216 valence electrons. The first kappa shape index (κ1) is 35.5. The van der Waals surface area contributed by atoms with Gasteiger partial charge in [0.05, 0.1) is 0 Å². The van der Waals surface area contributed by atoms with E-state index in [4.69, 9.17) is 0 Å². The Labute approximate surface area is 273 Å². The minimum absolute atomic E-state index is 0. The zero-order chi connectivity index (χ0) is 28.1. The average molecular weight is 671 g/mol. The second-order valence-electron chi connectivity index (χ2n) is 13.7. The summed E-state index contributed by atoms with van der Waals surface area (Å²) in [6, 6.07) is 19.2. The molecule has 2 atom stereocenters. The molecule has 4 aliphatic carbocycles. The fraction of sp³-hybridized carbons (Fsp3) is 0.500. The fourth-order valence-corrected chi connectivity index (χ4v) is 7.89. The van der Waals surface area contributed by atoms with Crippen molar-refractivity contribution in [3.05, 3.63) is 101 Å². The van der Waals surface area contributed by atoms with Gasteiger partial charge in [-0.3, -0.25) is 0 Å². The first-order chi connectivity index (χ1) is 17.7. The molecular formula is C36H48Cl2SiZr-2. The predicted octanol–water partition coefficient (Wildman–Crippen LogP) is 4.16. The van der Waals surface area contributed by atoms with Crippen molar-refractivity contribution in [1.29, 1.82) is 0 Å². The van der Waals surface area contributed by atoms with Crippen LogP contribution in [0, 0.1) is 33.5 Å². The Kier molecular flexibility index (Phi) is 11.5. The summed E-state index contributed by atoms with van der Waals surface area (Å²) >= 11 is 1.74. The van der Waals surface area contributed by atoms with Gasteiger partial charge >= 0.3 is 41.9 Å². The molecule has 0 spiro atoms. The van der Waals surface area contributed by atoms with E-state index in [1.54, 1.807) is 51.5 Å². The Morgan fingerprint density at radius 2 is 1.48 bits per heavy atom. The van der Waals surface area contributed by atoms with Crippen LogP contribution < -0.4 is 24.8 Å². The van der Waals surface area contributed by atoms with Crippen LogP contribution in [0.15, 0.2) is 83.5 Å². The summed E-state index contributed by atoms with van der Waals surface area (Å²) in [7, 11) is 0. The van der Waals surface area contributed by atoms with Crippen LogP contribution in [-0.2, 0) is 29.8 Å². The van der Waals surface area contributed by atoms with Gasteiger partial charge < -0.3 is 24.8 Å². The Morgan fingerprint density at radius 3 is 2.02 bits per heavy atom. The molecule has 0 heterocycles. The Balaban J connectivity index is 0.000000441. The van der Waals surface area contributed by atoms with Crippen molar-refractivity contribution in [1.82, 2.24) is 0 Å². The molecule has 0 amide bonds. The summed E-state index contributed by atoms with van der Waals surface area (Å²) in [4.78, 5) is 0. The third kappa shape index (κ3) is 5.42. The summed E-state index contributed by atoms with van der Waals surface area (Å²) in [5, 5.41) is 0. The minimum atomic E-state index is 0. The summed E-state index contributed by atoms with van der Waals surface area (Å²) in [6.07, 6.45) is 8.50. The summed E-state index contributed by atoms with van der Waals surface area (Å²) in [5.41, 5.74) is 10.5. The van der Waals surface area contributed by atoms with Gasteiger partial charge in [-0.05, 0) is 40.6 Å². The standard InChI is InChI=1S/C29H37.C5H5.C2H6Si.2ClH.Zr/c1-18-25-22-17-19-13-9-10-14-20(19)24(22)21-15-11-12-16-23(21)29(25,8)28(6,7)27(4,5)26(18,2)3;1-2-4-5-3-1;1-3-2;;;/h9-11,13-15,23H,12,16-17H2,1-8H3;1-5H;1-2H3;2*1H;/q2*-1;;;;+2/p-2. The quantitative estimate of drug-likeness (QED) is 0.292. The third-order valence-electron chi connectivity index (χ3n) is 11.3. The van der Waals surface area contributed by atoms with Crippen LogP contribution in [0.1, 0.15) is 79.4 Å².